The predicted molar refractivity (Wildman–Crippen MR) is 90.5 cm³/mol. The van der Waals surface area contributed by atoms with Gasteiger partial charge in [-0.1, -0.05) is 30.7 Å². The van der Waals surface area contributed by atoms with Crippen molar-refractivity contribution in [2.45, 2.75) is 44.6 Å². The van der Waals surface area contributed by atoms with Gasteiger partial charge in [-0.25, -0.2) is 8.42 Å². The molecule has 2 rings (SSSR count). The largest absolute Gasteiger partial charge is 0.350 e. The maximum absolute atomic E-state index is 12.6. The number of carbonyl (C=O) groups excluding carboxylic acids is 1. The molecule has 0 unspecified atom stereocenters. The average molecular weight is 336 g/mol. The molecule has 0 fully saturated rings. The van der Waals surface area contributed by atoms with Gasteiger partial charge in [-0.2, -0.15) is 4.31 Å². The quantitative estimate of drug-likeness (QED) is 0.897. The molecular weight excluding hydrogens is 312 g/mol. The fraction of sp³-hybridized carbons (Fsp3) is 0.471. The van der Waals surface area contributed by atoms with Crippen LogP contribution in [0.3, 0.4) is 0 Å². The van der Waals surface area contributed by atoms with Crippen LogP contribution in [0, 0.1) is 6.92 Å². The van der Waals surface area contributed by atoms with Crippen LogP contribution in [0.2, 0.25) is 0 Å². The van der Waals surface area contributed by atoms with Crippen LogP contribution < -0.4 is 5.32 Å². The summed E-state index contributed by atoms with van der Waals surface area (Å²) in [7, 11) is -3.50. The Balaban J connectivity index is 2.08. The molecule has 0 aromatic heterocycles. The van der Waals surface area contributed by atoms with Crippen molar-refractivity contribution in [3.8, 4) is 0 Å². The van der Waals surface area contributed by atoms with Gasteiger partial charge in [0.25, 0.3) is 0 Å². The van der Waals surface area contributed by atoms with Crippen molar-refractivity contribution in [3.05, 3.63) is 41.5 Å². The Hall–Kier alpha value is -1.66. The highest BCUT2D eigenvalue weighted by Crippen LogP contribution is 2.21. The van der Waals surface area contributed by atoms with Gasteiger partial charge in [0.05, 0.1) is 4.90 Å². The van der Waals surface area contributed by atoms with E-state index in [0.29, 0.717) is 23.4 Å². The molecule has 0 spiro atoms. The minimum absolute atomic E-state index is 0.0910. The Morgan fingerprint density at radius 2 is 1.96 bits per heavy atom. The van der Waals surface area contributed by atoms with E-state index in [1.807, 2.05) is 20.8 Å². The molecule has 0 radical (unpaired) electrons. The normalized spacial score (nSPS) is 17.4. The Morgan fingerprint density at radius 3 is 2.48 bits per heavy atom. The number of nitrogens with zero attached hydrogens (tertiary/aromatic N) is 1. The van der Waals surface area contributed by atoms with Gasteiger partial charge in [-0.05, 0) is 38.8 Å². The third kappa shape index (κ3) is 4.20. The van der Waals surface area contributed by atoms with Gasteiger partial charge >= 0.3 is 0 Å². The van der Waals surface area contributed by atoms with Crippen LogP contribution in [-0.2, 0) is 14.8 Å². The standard InChI is InChI=1S/C17H24N2O3S/c1-4-14(3)18-17(20)15-9-11-19(12-10-15)23(21,22)16-7-5-13(2)6-8-16/h5-9,14H,4,10-12H2,1-3H3,(H,18,20)/t14-/m0/s1. The van der Waals surface area contributed by atoms with Crippen LogP contribution in [0.5, 0.6) is 0 Å². The second-order valence-electron chi connectivity index (χ2n) is 5.94. The van der Waals surface area contributed by atoms with E-state index in [-0.39, 0.29) is 18.5 Å². The van der Waals surface area contributed by atoms with Crippen LogP contribution in [0.4, 0.5) is 0 Å². The third-order valence-corrected chi connectivity index (χ3v) is 5.99. The molecule has 1 aliphatic rings. The Kier molecular flexibility index (Phi) is 5.59. The summed E-state index contributed by atoms with van der Waals surface area (Å²) in [5.74, 6) is -0.0910. The highest BCUT2D eigenvalue weighted by atomic mass is 32.2. The Morgan fingerprint density at radius 1 is 1.30 bits per heavy atom. The molecule has 0 saturated carbocycles. The number of benzene rings is 1. The van der Waals surface area contributed by atoms with Crippen LogP contribution in [0.1, 0.15) is 32.3 Å². The molecule has 0 aliphatic carbocycles. The van der Waals surface area contributed by atoms with E-state index in [1.54, 1.807) is 30.3 Å². The lowest BCUT2D eigenvalue weighted by Crippen LogP contribution is -2.39. The first-order valence-electron chi connectivity index (χ1n) is 7.91. The van der Waals surface area contributed by atoms with Crippen LogP contribution >= 0.6 is 0 Å². The van der Waals surface area contributed by atoms with Crippen molar-refractivity contribution in [1.29, 1.82) is 0 Å². The number of hydrogen-bond acceptors (Lipinski definition) is 3. The van der Waals surface area contributed by atoms with E-state index in [0.717, 1.165) is 12.0 Å². The van der Waals surface area contributed by atoms with Crippen LogP contribution in [-0.4, -0.2) is 37.8 Å². The predicted octanol–water partition coefficient (Wildman–Crippen LogP) is 2.23. The van der Waals surface area contributed by atoms with Gasteiger partial charge in [0.2, 0.25) is 15.9 Å². The minimum Gasteiger partial charge on any atom is -0.350 e. The summed E-state index contributed by atoms with van der Waals surface area (Å²) >= 11 is 0. The zero-order valence-corrected chi connectivity index (χ0v) is 14.7. The van der Waals surface area contributed by atoms with E-state index in [4.69, 9.17) is 0 Å². The van der Waals surface area contributed by atoms with E-state index in [2.05, 4.69) is 5.32 Å². The zero-order valence-electron chi connectivity index (χ0n) is 13.9. The molecule has 126 valence electrons. The van der Waals surface area contributed by atoms with Gasteiger partial charge in [0.1, 0.15) is 0 Å². The maximum Gasteiger partial charge on any atom is 0.247 e. The summed E-state index contributed by atoms with van der Waals surface area (Å²) in [4.78, 5) is 12.4. The first-order chi connectivity index (χ1) is 10.8. The molecule has 1 N–H and O–H groups in total. The smallest absolute Gasteiger partial charge is 0.247 e. The van der Waals surface area contributed by atoms with Crippen LogP contribution in [0.15, 0.2) is 40.8 Å². The Bertz CT molecular complexity index is 693. The SMILES string of the molecule is CC[C@H](C)NC(=O)C1=CCN(S(=O)(=O)c2ccc(C)cc2)CC1. The third-order valence-electron chi connectivity index (χ3n) is 4.11. The lowest BCUT2D eigenvalue weighted by molar-refractivity contribution is -0.118. The van der Waals surface area contributed by atoms with Gasteiger partial charge in [0.15, 0.2) is 0 Å². The lowest BCUT2D eigenvalue weighted by atomic mass is 10.1. The fourth-order valence-electron chi connectivity index (χ4n) is 2.35. The summed E-state index contributed by atoms with van der Waals surface area (Å²) in [5.41, 5.74) is 1.69. The number of carbonyl (C=O) groups is 1. The highest BCUT2D eigenvalue weighted by Gasteiger charge is 2.27. The molecule has 5 nitrogen and oxygen atoms in total. The van der Waals surface area contributed by atoms with E-state index >= 15 is 0 Å². The molecule has 23 heavy (non-hydrogen) atoms. The molecule has 1 aromatic carbocycles. The number of hydrogen-bond donors (Lipinski definition) is 1. The molecule has 0 bridgehead atoms. The first kappa shape index (κ1) is 17.7. The van der Waals surface area contributed by atoms with Crippen molar-refractivity contribution in [2.75, 3.05) is 13.1 Å². The minimum atomic E-state index is -3.50. The molecule has 1 atom stereocenters. The zero-order chi connectivity index (χ0) is 17.0. The van der Waals surface area contributed by atoms with Gasteiger partial charge < -0.3 is 5.32 Å². The molecule has 0 saturated heterocycles. The van der Waals surface area contributed by atoms with Crippen molar-refractivity contribution < 1.29 is 13.2 Å². The molecule has 1 heterocycles. The summed E-state index contributed by atoms with van der Waals surface area (Å²) in [6.07, 6.45) is 3.02. The second kappa shape index (κ2) is 7.27. The number of nitrogens with one attached hydrogen (secondary N) is 1. The summed E-state index contributed by atoms with van der Waals surface area (Å²) in [6, 6.07) is 6.95. The van der Waals surface area contributed by atoms with E-state index in [1.165, 1.54) is 4.31 Å². The Labute approximate surface area is 138 Å². The monoisotopic (exact) mass is 336 g/mol. The van der Waals surface area contributed by atoms with Crippen molar-refractivity contribution >= 4 is 15.9 Å². The van der Waals surface area contributed by atoms with E-state index in [9.17, 15) is 13.2 Å². The van der Waals surface area contributed by atoms with Crippen LogP contribution in [0.25, 0.3) is 0 Å². The summed E-state index contributed by atoms with van der Waals surface area (Å²) < 4.78 is 26.6. The molecule has 1 amide bonds. The number of sulfonamides is 1. The van der Waals surface area contributed by atoms with Gasteiger partial charge in [-0.15, -0.1) is 0 Å². The molecular formula is C17H24N2O3S. The van der Waals surface area contributed by atoms with Crippen molar-refractivity contribution in [1.82, 2.24) is 9.62 Å². The van der Waals surface area contributed by atoms with Gasteiger partial charge in [-0.3, -0.25) is 4.79 Å². The summed E-state index contributed by atoms with van der Waals surface area (Å²) in [6.45, 7) is 6.45. The van der Waals surface area contributed by atoms with E-state index < -0.39 is 10.0 Å². The average Bonchev–Trinajstić information content (AvgIpc) is 2.55. The second-order valence-corrected chi connectivity index (χ2v) is 7.88. The number of aryl methyl sites for hydroxylation is 1. The van der Waals surface area contributed by atoms with Crippen molar-refractivity contribution in [2.24, 2.45) is 0 Å². The topological polar surface area (TPSA) is 66.5 Å². The first-order valence-corrected chi connectivity index (χ1v) is 9.35. The van der Waals surface area contributed by atoms with Crippen molar-refractivity contribution in [3.63, 3.8) is 0 Å². The summed E-state index contributed by atoms with van der Waals surface area (Å²) in [5, 5.41) is 2.92. The fourth-order valence-corrected chi connectivity index (χ4v) is 3.73. The molecule has 1 aromatic rings. The number of amides is 1. The maximum atomic E-state index is 12.6. The highest BCUT2D eigenvalue weighted by molar-refractivity contribution is 7.89. The molecule has 1 aliphatic heterocycles. The number of rotatable bonds is 5. The van der Waals surface area contributed by atoms with Gasteiger partial charge in [0, 0.05) is 24.7 Å². The lowest BCUT2D eigenvalue weighted by Gasteiger charge is -2.26. The molecule has 6 heteroatoms.